The Morgan fingerprint density at radius 2 is 1.24 bits per heavy atom. The summed E-state index contributed by atoms with van der Waals surface area (Å²) in [6, 6.07) is 26.7. The lowest BCUT2D eigenvalue weighted by Crippen LogP contribution is -2.32. The molecule has 1 unspecified atom stereocenters. The van der Waals surface area contributed by atoms with Crippen LogP contribution in [-0.4, -0.2) is 11.3 Å². The van der Waals surface area contributed by atoms with Gasteiger partial charge in [-0.1, -0.05) is 84.9 Å². The summed E-state index contributed by atoms with van der Waals surface area (Å²) in [6.07, 6.45) is 0.166. The van der Waals surface area contributed by atoms with E-state index >= 15 is 0 Å². The van der Waals surface area contributed by atoms with Gasteiger partial charge >= 0.3 is 0 Å². The van der Waals surface area contributed by atoms with Gasteiger partial charge < -0.3 is 9.67 Å². The molecule has 2 nitrogen and oxygen atoms in total. The van der Waals surface area contributed by atoms with Crippen LogP contribution in [0, 0.1) is 6.92 Å². The topological polar surface area (TPSA) is 37.3 Å². The maximum Gasteiger partial charge on any atom is 0.146 e. The van der Waals surface area contributed by atoms with E-state index in [0.29, 0.717) is 0 Å². The van der Waals surface area contributed by atoms with E-state index in [1.165, 1.54) is 0 Å². The minimum Gasteiger partial charge on any atom is -0.385 e. The summed E-state index contributed by atoms with van der Waals surface area (Å²) in [5.41, 5.74) is 0.634. The Balaban J connectivity index is 2.11. The van der Waals surface area contributed by atoms with Gasteiger partial charge in [0.1, 0.15) is 7.14 Å². The average molecular weight is 350 g/mol. The molecule has 128 valence electrons. The van der Waals surface area contributed by atoms with Crippen molar-refractivity contribution in [1.82, 2.24) is 0 Å². The first kappa shape index (κ1) is 17.7. The molecule has 3 aromatic carbocycles. The van der Waals surface area contributed by atoms with Gasteiger partial charge in [0.05, 0.1) is 5.60 Å². The Kier molecular flexibility index (Phi) is 4.94. The molecular formula is C22H23O2P. The number of aliphatic hydroxyl groups is 1. The molecule has 25 heavy (non-hydrogen) atoms. The van der Waals surface area contributed by atoms with Crippen molar-refractivity contribution in [2.24, 2.45) is 0 Å². The van der Waals surface area contributed by atoms with Crippen molar-refractivity contribution >= 4 is 17.8 Å². The first-order valence-electron chi connectivity index (χ1n) is 8.42. The first-order chi connectivity index (χ1) is 11.9. The van der Waals surface area contributed by atoms with E-state index in [0.717, 1.165) is 21.7 Å². The van der Waals surface area contributed by atoms with Gasteiger partial charge in [0, 0.05) is 16.8 Å². The van der Waals surface area contributed by atoms with Gasteiger partial charge in [0.15, 0.2) is 0 Å². The molecule has 0 bridgehead atoms. The van der Waals surface area contributed by atoms with Crippen molar-refractivity contribution in [1.29, 1.82) is 0 Å². The van der Waals surface area contributed by atoms with Gasteiger partial charge in [-0.05, 0) is 25.0 Å². The predicted octanol–water partition coefficient (Wildman–Crippen LogP) is 4.22. The predicted molar refractivity (Wildman–Crippen MR) is 105 cm³/mol. The van der Waals surface area contributed by atoms with Gasteiger partial charge in [-0.25, -0.2) is 0 Å². The van der Waals surface area contributed by atoms with Crippen molar-refractivity contribution in [3.05, 3.63) is 96.1 Å². The van der Waals surface area contributed by atoms with E-state index in [4.69, 9.17) is 0 Å². The molecule has 0 fully saturated rings. The Labute approximate surface area is 149 Å². The molecule has 0 amide bonds. The van der Waals surface area contributed by atoms with Crippen LogP contribution in [0.15, 0.2) is 84.9 Å². The standard InChI is InChI=1S/C22H23O2P/c1-18-11-9-10-16-21(18)22(2,23)17-25(24,19-12-5-3-6-13-19)20-14-7-4-8-15-20/h3-16,23H,17H2,1-2H3. The maximum absolute atomic E-state index is 14.2. The summed E-state index contributed by atoms with van der Waals surface area (Å²) < 4.78 is 14.2. The quantitative estimate of drug-likeness (QED) is 0.700. The third kappa shape index (κ3) is 3.61. The lowest BCUT2D eigenvalue weighted by atomic mass is 9.94. The zero-order chi connectivity index (χ0) is 17.9. The summed E-state index contributed by atoms with van der Waals surface area (Å²) >= 11 is 0. The number of hydrogen-bond donors (Lipinski definition) is 1. The normalized spacial score (nSPS) is 14.0. The highest BCUT2D eigenvalue weighted by Crippen LogP contribution is 2.48. The molecule has 0 spiro atoms. The number of hydrogen-bond acceptors (Lipinski definition) is 2. The summed E-state index contributed by atoms with van der Waals surface area (Å²) in [5.74, 6) is 0. The van der Waals surface area contributed by atoms with Crippen LogP contribution in [0.2, 0.25) is 0 Å². The van der Waals surface area contributed by atoms with Crippen LogP contribution < -0.4 is 10.6 Å². The van der Waals surface area contributed by atoms with Crippen molar-refractivity contribution in [2.45, 2.75) is 19.4 Å². The van der Waals surface area contributed by atoms with Gasteiger partial charge in [0.25, 0.3) is 0 Å². The summed E-state index contributed by atoms with van der Waals surface area (Å²) in [5, 5.41) is 12.8. The fraction of sp³-hybridized carbons (Fsp3) is 0.182. The van der Waals surface area contributed by atoms with E-state index in [1.54, 1.807) is 6.92 Å². The molecule has 3 heteroatoms. The molecule has 1 N–H and O–H groups in total. The molecular weight excluding hydrogens is 327 g/mol. The van der Waals surface area contributed by atoms with Gasteiger partial charge in [-0.15, -0.1) is 0 Å². The van der Waals surface area contributed by atoms with Gasteiger partial charge in [0.2, 0.25) is 0 Å². The molecule has 0 aliphatic heterocycles. The van der Waals surface area contributed by atoms with E-state index < -0.39 is 12.7 Å². The minimum atomic E-state index is -2.98. The van der Waals surface area contributed by atoms with Crippen molar-refractivity contribution in [3.63, 3.8) is 0 Å². The summed E-state index contributed by atoms with van der Waals surface area (Å²) in [6.45, 7) is 3.73. The van der Waals surface area contributed by atoms with Crippen molar-refractivity contribution < 1.29 is 9.67 Å². The third-order valence-corrected chi connectivity index (χ3v) is 7.93. The lowest BCUT2D eigenvalue weighted by Gasteiger charge is -2.31. The van der Waals surface area contributed by atoms with Crippen LogP contribution in [0.5, 0.6) is 0 Å². The van der Waals surface area contributed by atoms with Crippen LogP contribution in [0.25, 0.3) is 0 Å². The smallest absolute Gasteiger partial charge is 0.146 e. The Morgan fingerprint density at radius 1 is 0.800 bits per heavy atom. The number of aryl methyl sites for hydroxylation is 1. The second-order valence-electron chi connectivity index (χ2n) is 6.66. The molecule has 0 aromatic heterocycles. The zero-order valence-corrected chi connectivity index (χ0v) is 15.5. The average Bonchev–Trinajstić information content (AvgIpc) is 2.63. The third-order valence-electron chi connectivity index (χ3n) is 4.60. The largest absolute Gasteiger partial charge is 0.385 e. The molecule has 1 atom stereocenters. The fourth-order valence-corrected chi connectivity index (χ4v) is 6.37. The summed E-state index contributed by atoms with van der Waals surface area (Å²) in [4.78, 5) is 0. The van der Waals surface area contributed by atoms with Crippen LogP contribution in [0.3, 0.4) is 0 Å². The number of rotatable bonds is 5. The molecule has 3 aromatic rings. The minimum absolute atomic E-state index is 0.166. The van der Waals surface area contributed by atoms with E-state index in [-0.39, 0.29) is 6.16 Å². The van der Waals surface area contributed by atoms with Gasteiger partial charge in [-0.2, -0.15) is 0 Å². The van der Waals surface area contributed by atoms with Crippen LogP contribution in [0.4, 0.5) is 0 Å². The van der Waals surface area contributed by atoms with Crippen LogP contribution in [0.1, 0.15) is 18.1 Å². The van der Waals surface area contributed by atoms with Crippen LogP contribution in [-0.2, 0) is 10.2 Å². The molecule has 0 radical (unpaired) electrons. The maximum atomic E-state index is 14.2. The second kappa shape index (κ2) is 7.00. The highest BCUT2D eigenvalue weighted by Gasteiger charge is 2.37. The molecule has 0 heterocycles. The molecule has 0 saturated carbocycles. The van der Waals surface area contributed by atoms with Crippen molar-refractivity contribution in [3.8, 4) is 0 Å². The molecule has 0 aliphatic rings. The number of benzene rings is 3. The zero-order valence-electron chi connectivity index (χ0n) is 14.6. The van der Waals surface area contributed by atoms with E-state index in [1.807, 2.05) is 91.9 Å². The summed E-state index contributed by atoms with van der Waals surface area (Å²) in [7, 11) is -2.98. The highest BCUT2D eigenvalue weighted by molar-refractivity contribution is 7.78. The Morgan fingerprint density at radius 3 is 1.72 bits per heavy atom. The van der Waals surface area contributed by atoms with Crippen LogP contribution >= 0.6 is 7.14 Å². The second-order valence-corrected chi connectivity index (χ2v) is 9.49. The van der Waals surface area contributed by atoms with E-state index in [2.05, 4.69) is 0 Å². The molecule has 0 saturated heterocycles. The Bertz CT molecular complexity index is 843. The van der Waals surface area contributed by atoms with Crippen molar-refractivity contribution in [2.75, 3.05) is 6.16 Å². The van der Waals surface area contributed by atoms with E-state index in [9.17, 15) is 9.67 Å². The monoisotopic (exact) mass is 350 g/mol. The van der Waals surface area contributed by atoms with Gasteiger partial charge in [-0.3, -0.25) is 0 Å². The lowest BCUT2D eigenvalue weighted by molar-refractivity contribution is 0.0813. The molecule has 0 aliphatic carbocycles. The SMILES string of the molecule is Cc1ccccc1C(C)(O)CP(=O)(c1ccccc1)c1ccccc1. The Hall–Kier alpha value is -2.15. The first-order valence-corrected chi connectivity index (χ1v) is 10.3. The fourth-order valence-electron chi connectivity index (χ4n) is 3.37. The highest BCUT2D eigenvalue weighted by atomic mass is 31.2. The molecule has 3 rings (SSSR count).